The third-order valence-corrected chi connectivity index (χ3v) is 6.89. The molecule has 0 aromatic heterocycles. The first-order valence-electron chi connectivity index (χ1n) is 8.70. The van der Waals surface area contributed by atoms with Crippen LogP contribution in [0, 0.1) is 0 Å². The zero-order valence-electron chi connectivity index (χ0n) is 15.6. The van der Waals surface area contributed by atoms with Gasteiger partial charge in [-0.15, -0.1) is 0 Å². The molecule has 142 valence electrons. The van der Waals surface area contributed by atoms with Crippen molar-refractivity contribution in [1.29, 1.82) is 0 Å². The standard InChI is InChI=1S/C18H25N3O4S/c1-18(2)14-6-5-12(11-15(14)19-17(18)23)16(22)21-9-7-13(8-10-21)20(3)26(4,24)25/h5-6,11,13H,7-10H2,1-4H3,(H,19,23). The van der Waals surface area contributed by atoms with Crippen LogP contribution in [0.5, 0.6) is 0 Å². The molecule has 7 nitrogen and oxygen atoms in total. The highest BCUT2D eigenvalue weighted by Gasteiger charge is 2.38. The molecule has 26 heavy (non-hydrogen) atoms. The molecular weight excluding hydrogens is 354 g/mol. The maximum atomic E-state index is 12.8. The van der Waals surface area contributed by atoms with Gasteiger partial charge in [0.1, 0.15) is 0 Å². The topological polar surface area (TPSA) is 86.8 Å². The smallest absolute Gasteiger partial charge is 0.253 e. The molecule has 0 unspecified atom stereocenters. The maximum Gasteiger partial charge on any atom is 0.253 e. The molecule has 0 bridgehead atoms. The highest BCUT2D eigenvalue weighted by atomic mass is 32.2. The zero-order chi connectivity index (χ0) is 19.3. The molecule has 0 radical (unpaired) electrons. The van der Waals surface area contributed by atoms with Crippen molar-refractivity contribution in [2.24, 2.45) is 0 Å². The maximum absolute atomic E-state index is 12.8. The van der Waals surface area contributed by atoms with E-state index in [1.807, 2.05) is 19.9 Å². The van der Waals surface area contributed by atoms with E-state index in [0.29, 0.717) is 37.2 Å². The van der Waals surface area contributed by atoms with Gasteiger partial charge in [-0.1, -0.05) is 6.07 Å². The van der Waals surface area contributed by atoms with E-state index >= 15 is 0 Å². The van der Waals surface area contributed by atoms with E-state index in [0.717, 1.165) is 5.56 Å². The van der Waals surface area contributed by atoms with Crippen molar-refractivity contribution in [3.63, 3.8) is 0 Å². The first-order valence-corrected chi connectivity index (χ1v) is 10.5. The zero-order valence-corrected chi connectivity index (χ0v) is 16.4. The van der Waals surface area contributed by atoms with E-state index in [4.69, 9.17) is 0 Å². The van der Waals surface area contributed by atoms with Crippen LogP contribution in [0.25, 0.3) is 0 Å². The van der Waals surface area contributed by atoms with Crippen LogP contribution in [0.4, 0.5) is 5.69 Å². The van der Waals surface area contributed by atoms with E-state index in [-0.39, 0.29) is 17.9 Å². The summed E-state index contributed by atoms with van der Waals surface area (Å²) in [6.07, 6.45) is 2.43. The summed E-state index contributed by atoms with van der Waals surface area (Å²) < 4.78 is 24.7. The molecule has 3 rings (SSSR count). The largest absolute Gasteiger partial charge is 0.339 e. The molecule has 2 aliphatic rings. The lowest BCUT2D eigenvalue weighted by atomic mass is 9.86. The van der Waals surface area contributed by atoms with Crippen molar-refractivity contribution in [1.82, 2.24) is 9.21 Å². The lowest BCUT2D eigenvalue weighted by Gasteiger charge is -2.35. The second-order valence-electron chi connectivity index (χ2n) is 7.64. The molecule has 1 saturated heterocycles. The van der Waals surface area contributed by atoms with Gasteiger partial charge in [-0.3, -0.25) is 9.59 Å². The van der Waals surface area contributed by atoms with E-state index in [2.05, 4.69) is 5.32 Å². The van der Waals surface area contributed by atoms with Gasteiger partial charge in [0, 0.05) is 37.4 Å². The number of carbonyl (C=O) groups excluding carboxylic acids is 2. The fraction of sp³-hybridized carbons (Fsp3) is 0.556. The van der Waals surface area contributed by atoms with Crippen molar-refractivity contribution in [3.8, 4) is 0 Å². The molecule has 0 aliphatic carbocycles. The van der Waals surface area contributed by atoms with Gasteiger partial charge in [0.15, 0.2) is 0 Å². The first-order chi connectivity index (χ1) is 12.0. The Morgan fingerprint density at radius 1 is 1.27 bits per heavy atom. The minimum absolute atomic E-state index is 0.0678. The van der Waals surface area contributed by atoms with Gasteiger partial charge in [0.05, 0.1) is 11.7 Å². The number of piperidine rings is 1. The van der Waals surface area contributed by atoms with Gasteiger partial charge in [-0.05, 0) is 44.4 Å². The van der Waals surface area contributed by atoms with E-state index in [1.54, 1.807) is 24.1 Å². The summed E-state index contributed by atoms with van der Waals surface area (Å²) in [7, 11) is -1.64. The SMILES string of the molecule is CN(C1CCN(C(=O)c2ccc3c(c2)NC(=O)C3(C)C)CC1)S(C)(=O)=O. The third kappa shape index (κ3) is 3.23. The number of hydrogen-bond acceptors (Lipinski definition) is 4. The van der Waals surface area contributed by atoms with E-state index in [1.165, 1.54) is 10.6 Å². The van der Waals surface area contributed by atoms with Crippen LogP contribution in [0.1, 0.15) is 42.6 Å². The molecule has 1 fully saturated rings. The van der Waals surface area contributed by atoms with Crippen molar-refractivity contribution in [2.75, 3.05) is 31.7 Å². The highest BCUT2D eigenvalue weighted by molar-refractivity contribution is 7.88. The van der Waals surface area contributed by atoms with Crippen LogP contribution >= 0.6 is 0 Å². The lowest BCUT2D eigenvalue weighted by molar-refractivity contribution is -0.119. The number of sulfonamides is 1. The van der Waals surface area contributed by atoms with E-state index < -0.39 is 15.4 Å². The molecule has 0 atom stereocenters. The second kappa shape index (κ2) is 6.35. The summed E-state index contributed by atoms with van der Waals surface area (Å²) in [5.41, 5.74) is 1.53. The van der Waals surface area contributed by atoms with Gasteiger partial charge >= 0.3 is 0 Å². The average molecular weight is 379 g/mol. The van der Waals surface area contributed by atoms with Crippen molar-refractivity contribution in [2.45, 2.75) is 38.1 Å². The highest BCUT2D eigenvalue weighted by Crippen LogP contribution is 2.37. The predicted molar refractivity (Wildman–Crippen MR) is 99.6 cm³/mol. The molecule has 2 amide bonds. The first kappa shape index (κ1) is 18.8. The summed E-state index contributed by atoms with van der Waals surface area (Å²) in [6, 6.07) is 5.26. The number of benzene rings is 1. The van der Waals surface area contributed by atoms with Crippen molar-refractivity contribution in [3.05, 3.63) is 29.3 Å². The van der Waals surface area contributed by atoms with Gasteiger partial charge < -0.3 is 10.2 Å². The Balaban J connectivity index is 1.71. The average Bonchev–Trinajstić information content (AvgIpc) is 2.81. The number of carbonyl (C=O) groups is 2. The Morgan fingerprint density at radius 2 is 1.88 bits per heavy atom. The number of hydrogen-bond donors (Lipinski definition) is 1. The van der Waals surface area contributed by atoms with Gasteiger partial charge in [-0.25, -0.2) is 12.7 Å². The molecule has 0 spiro atoms. The Bertz CT molecular complexity index is 855. The molecule has 1 aromatic carbocycles. The molecule has 1 aromatic rings. The number of rotatable bonds is 3. The van der Waals surface area contributed by atoms with Crippen LogP contribution in [0.3, 0.4) is 0 Å². The van der Waals surface area contributed by atoms with Crippen LogP contribution in [0.15, 0.2) is 18.2 Å². The van der Waals surface area contributed by atoms with Crippen LogP contribution in [-0.2, 0) is 20.2 Å². The fourth-order valence-corrected chi connectivity index (χ4v) is 4.36. The monoisotopic (exact) mass is 379 g/mol. The minimum atomic E-state index is -3.23. The lowest BCUT2D eigenvalue weighted by Crippen LogP contribution is -2.47. The number of likely N-dealkylation sites (tertiary alicyclic amines) is 1. The van der Waals surface area contributed by atoms with Gasteiger partial charge in [-0.2, -0.15) is 0 Å². The second-order valence-corrected chi connectivity index (χ2v) is 9.68. The normalized spacial score (nSPS) is 20.2. The van der Waals surface area contributed by atoms with E-state index in [9.17, 15) is 18.0 Å². The third-order valence-electron chi connectivity index (χ3n) is 5.54. The van der Waals surface area contributed by atoms with Crippen molar-refractivity contribution < 1.29 is 18.0 Å². The number of nitrogens with zero attached hydrogens (tertiary/aromatic N) is 2. The number of fused-ring (bicyclic) bond motifs is 1. The molecule has 1 N–H and O–H groups in total. The Morgan fingerprint density at radius 3 is 2.46 bits per heavy atom. The number of amides is 2. The molecule has 0 saturated carbocycles. The predicted octanol–water partition coefficient (Wildman–Crippen LogP) is 1.41. The number of anilines is 1. The van der Waals surface area contributed by atoms with Crippen LogP contribution in [-0.4, -0.2) is 61.9 Å². The van der Waals surface area contributed by atoms with Gasteiger partial charge in [0.25, 0.3) is 5.91 Å². The Kier molecular flexibility index (Phi) is 4.60. The van der Waals surface area contributed by atoms with Crippen molar-refractivity contribution >= 4 is 27.5 Å². The number of nitrogens with one attached hydrogen (secondary N) is 1. The minimum Gasteiger partial charge on any atom is -0.339 e. The van der Waals surface area contributed by atoms with Gasteiger partial charge in [0.2, 0.25) is 15.9 Å². The fourth-order valence-electron chi connectivity index (χ4n) is 3.61. The molecule has 2 aliphatic heterocycles. The molecular formula is C18H25N3O4S. The quantitative estimate of drug-likeness (QED) is 0.860. The Hall–Kier alpha value is -1.93. The van der Waals surface area contributed by atoms with Crippen LogP contribution in [0.2, 0.25) is 0 Å². The Labute approximate surface area is 154 Å². The summed E-state index contributed by atoms with van der Waals surface area (Å²) in [6.45, 7) is 4.74. The summed E-state index contributed by atoms with van der Waals surface area (Å²) in [5.74, 6) is -0.158. The summed E-state index contributed by atoms with van der Waals surface area (Å²) >= 11 is 0. The molecule has 8 heteroatoms. The summed E-state index contributed by atoms with van der Waals surface area (Å²) in [5, 5.41) is 2.84. The molecule has 2 heterocycles. The summed E-state index contributed by atoms with van der Waals surface area (Å²) in [4.78, 5) is 26.6. The van der Waals surface area contributed by atoms with Crippen LogP contribution < -0.4 is 5.32 Å².